The van der Waals surface area contributed by atoms with Gasteiger partial charge in [0.1, 0.15) is 0 Å². The number of aliphatic hydroxyl groups excluding tert-OH is 1. The summed E-state index contributed by atoms with van der Waals surface area (Å²) >= 11 is 0. The Morgan fingerprint density at radius 3 is 2.47 bits per heavy atom. The number of allylic oxidation sites excluding steroid dienone is 1. The van der Waals surface area contributed by atoms with E-state index in [1.165, 1.54) is 21.9 Å². The van der Waals surface area contributed by atoms with Gasteiger partial charge in [0.25, 0.3) is 0 Å². The van der Waals surface area contributed by atoms with Crippen molar-refractivity contribution in [2.45, 2.75) is 19.8 Å². The van der Waals surface area contributed by atoms with Crippen LogP contribution in [0.4, 0.5) is 0 Å². The maximum Gasteiger partial charge on any atom is 0.0534 e. The summed E-state index contributed by atoms with van der Waals surface area (Å²) in [5, 5.41) is 11.9. The first-order chi connectivity index (χ1) is 8.20. The van der Waals surface area contributed by atoms with Crippen LogP contribution in [0.25, 0.3) is 10.8 Å². The van der Waals surface area contributed by atoms with Gasteiger partial charge in [-0.25, -0.2) is 0 Å². The van der Waals surface area contributed by atoms with Crippen molar-refractivity contribution in [1.29, 1.82) is 0 Å². The van der Waals surface area contributed by atoms with Gasteiger partial charge in [0, 0.05) is 5.92 Å². The van der Waals surface area contributed by atoms with Crippen LogP contribution < -0.4 is 0 Å². The average molecular weight is 226 g/mol. The Labute approximate surface area is 102 Å². The van der Waals surface area contributed by atoms with Crippen LogP contribution in [0.3, 0.4) is 0 Å². The molecule has 0 radical (unpaired) electrons. The fraction of sp³-hybridized carbons (Fsp3) is 0.250. The van der Waals surface area contributed by atoms with Gasteiger partial charge in [-0.15, -0.1) is 0 Å². The normalized spacial score (nSPS) is 12.4. The van der Waals surface area contributed by atoms with E-state index in [4.69, 9.17) is 0 Å². The van der Waals surface area contributed by atoms with Crippen LogP contribution in [0.2, 0.25) is 0 Å². The van der Waals surface area contributed by atoms with E-state index in [2.05, 4.69) is 50.3 Å². The minimum Gasteiger partial charge on any atom is -0.395 e. The van der Waals surface area contributed by atoms with E-state index < -0.39 is 0 Å². The molecule has 1 heteroatoms. The molecule has 88 valence electrons. The zero-order chi connectivity index (χ0) is 12.3. The lowest BCUT2D eigenvalue weighted by molar-refractivity contribution is 0.283. The first kappa shape index (κ1) is 11.9. The van der Waals surface area contributed by atoms with Crippen molar-refractivity contribution in [1.82, 2.24) is 0 Å². The van der Waals surface area contributed by atoms with E-state index in [1.54, 1.807) is 0 Å². The van der Waals surface area contributed by atoms with Gasteiger partial charge in [-0.3, -0.25) is 0 Å². The number of rotatable bonds is 3. The largest absolute Gasteiger partial charge is 0.395 e. The van der Waals surface area contributed by atoms with E-state index in [9.17, 15) is 5.11 Å². The predicted molar refractivity (Wildman–Crippen MR) is 73.2 cm³/mol. The summed E-state index contributed by atoms with van der Waals surface area (Å²) in [6, 6.07) is 14.7. The second-order valence-electron chi connectivity index (χ2n) is 4.64. The maximum atomic E-state index is 9.46. The van der Waals surface area contributed by atoms with Gasteiger partial charge in [-0.1, -0.05) is 54.1 Å². The van der Waals surface area contributed by atoms with Gasteiger partial charge in [-0.05, 0) is 30.2 Å². The first-order valence-electron chi connectivity index (χ1n) is 5.95. The van der Waals surface area contributed by atoms with Gasteiger partial charge in [-0.2, -0.15) is 0 Å². The van der Waals surface area contributed by atoms with E-state index in [0.29, 0.717) is 0 Å². The number of hydrogen-bond donors (Lipinski definition) is 1. The molecule has 0 aliphatic carbocycles. The Balaban J connectivity index is 2.44. The van der Waals surface area contributed by atoms with Crippen molar-refractivity contribution in [2.75, 3.05) is 6.61 Å². The fourth-order valence-corrected chi connectivity index (χ4v) is 2.10. The molecule has 2 rings (SSSR count). The summed E-state index contributed by atoms with van der Waals surface area (Å²) in [6.07, 6.45) is 2.12. The monoisotopic (exact) mass is 226 g/mol. The van der Waals surface area contributed by atoms with Crippen molar-refractivity contribution < 1.29 is 5.11 Å². The number of aliphatic hydroxyl groups is 1. The topological polar surface area (TPSA) is 20.2 Å². The smallest absolute Gasteiger partial charge is 0.0534 e. The molecular weight excluding hydrogens is 208 g/mol. The first-order valence-corrected chi connectivity index (χ1v) is 5.95. The van der Waals surface area contributed by atoms with Crippen LogP contribution in [-0.2, 0) is 0 Å². The summed E-state index contributed by atoms with van der Waals surface area (Å²) in [5.41, 5.74) is 2.41. The summed E-state index contributed by atoms with van der Waals surface area (Å²) in [7, 11) is 0. The lowest BCUT2D eigenvalue weighted by atomic mass is 9.95. The number of fused-ring (bicyclic) bond motifs is 1. The second kappa shape index (κ2) is 5.15. The standard InChI is InChI=1S/C16H18O/c1-12(2)9-16(11-17)15-8-7-13-5-3-4-6-14(13)10-15/h3-10,16-17H,11H2,1-2H3. The van der Waals surface area contributed by atoms with Crippen LogP contribution in [0, 0.1) is 0 Å². The summed E-state index contributed by atoms with van der Waals surface area (Å²) < 4.78 is 0. The molecule has 1 unspecified atom stereocenters. The lowest BCUT2D eigenvalue weighted by Gasteiger charge is -2.12. The van der Waals surface area contributed by atoms with Crippen molar-refractivity contribution >= 4 is 10.8 Å². The van der Waals surface area contributed by atoms with E-state index in [1.807, 2.05) is 12.1 Å². The zero-order valence-corrected chi connectivity index (χ0v) is 10.4. The molecule has 0 aliphatic heterocycles. The predicted octanol–water partition coefficient (Wildman–Crippen LogP) is 3.88. The van der Waals surface area contributed by atoms with E-state index in [-0.39, 0.29) is 12.5 Å². The van der Waals surface area contributed by atoms with Crippen molar-refractivity contribution in [3.63, 3.8) is 0 Å². The Kier molecular flexibility index (Phi) is 3.60. The SMILES string of the molecule is CC(C)=CC(CO)c1ccc2ccccc2c1. The van der Waals surface area contributed by atoms with Gasteiger partial charge in [0.15, 0.2) is 0 Å². The van der Waals surface area contributed by atoms with Crippen LogP contribution in [0.1, 0.15) is 25.3 Å². The van der Waals surface area contributed by atoms with Gasteiger partial charge >= 0.3 is 0 Å². The third-order valence-corrected chi connectivity index (χ3v) is 2.93. The molecule has 0 saturated heterocycles. The minimum atomic E-state index is 0.101. The van der Waals surface area contributed by atoms with Crippen LogP contribution in [0.5, 0.6) is 0 Å². The van der Waals surface area contributed by atoms with Gasteiger partial charge < -0.3 is 5.11 Å². The Morgan fingerprint density at radius 2 is 1.82 bits per heavy atom. The molecule has 0 fully saturated rings. The molecule has 0 heterocycles. The van der Waals surface area contributed by atoms with E-state index in [0.717, 1.165) is 0 Å². The maximum absolute atomic E-state index is 9.46. The Morgan fingerprint density at radius 1 is 1.12 bits per heavy atom. The summed E-state index contributed by atoms with van der Waals surface area (Å²) in [6.45, 7) is 4.27. The second-order valence-corrected chi connectivity index (χ2v) is 4.64. The molecule has 0 saturated carbocycles. The quantitative estimate of drug-likeness (QED) is 0.787. The molecular formula is C16H18O. The Hall–Kier alpha value is -1.60. The van der Waals surface area contributed by atoms with Crippen LogP contribution in [-0.4, -0.2) is 11.7 Å². The van der Waals surface area contributed by atoms with Crippen LogP contribution in [0.15, 0.2) is 54.1 Å². The molecule has 17 heavy (non-hydrogen) atoms. The molecule has 1 N–H and O–H groups in total. The third-order valence-electron chi connectivity index (χ3n) is 2.93. The highest BCUT2D eigenvalue weighted by Gasteiger charge is 2.07. The summed E-state index contributed by atoms with van der Waals surface area (Å²) in [4.78, 5) is 0. The minimum absolute atomic E-state index is 0.101. The van der Waals surface area contributed by atoms with Gasteiger partial charge in [0.2, 0.25) is 0 Å². The molecule has 1 atom stereocenters. The molecule has 0 aliphatic rings. The van der Waals surface area contributed by atoms with Crippen molar-refractivity contribution in [3.8, 4) is 0 Å². The van der Waals surface area contributed by atoms with Crippen molar-refractivity contribution in [2.24, 2.45) is 0 Å². The molecule has 0 aromatic heterocycles. The van der Waals surface area contributed by atoms with Gasteiger partial charge in [0.05, 0.1) is 6.61 Å². The molecule has 0 spiro atoms. The van der Waals surface area contributed by atoms with Crippen molar-refractivity contribution in [3.05, 3.63) is 59.7 Å². The molecule has 0 bridgehead atoms. The summed E-state index contributed by atoms with van der Waals surface area (Å²) in [5.74, 6) is 0.101. The highest BCUT2D eigenvalue weighted by molar-refractivity contribution is 5.83. The zero-order valence-electron chi connectivity index (χ0n) is 10.4. The highest BCUT2D eigenvalue weighted by Crippen LogP contribution is 2.23. The highest BCUT2D eigenvalue weighted by atomic mass is 16.3. The Bertz CT molecular complexity index is 536. The van der Waals surface area contributed by atoms with E-state index >= 15 is 0 Å². The molecule has 0 amide bonds. The van der Waals surface area contributed by atoms with Crippen LogP contribution >= 0.6 is 0 Å². The molecule has 2 aromatic carbocycles. The average Bonchev–Trinajstić information content (AvgIpc) is 2.35. The lowest BCUT2D eigenvalue weighted by Crippen LogP contribution is -2.01. The fourth-order valence-electron chi connectivity index (χ4n) is 2.10. The number of hydrogen-bond acceptors (Lipinski definition) is 1. The number of benzene rings is 2. The molecule has 1 nitrogen and oxygen atoms in total. The molecule has 2 aromatic rings. The third kappa shape index (κ3) is 2.75.